The largest absolute Gasteiger partial charge is 0.325 e. The third-order valence-electron chi connectivity index (χ3n) is 5.52. The number of sulfonamides is 1. The van der Waals surface area contributed by atoms with Crippen molar-refractivity contribution in [3.05, 3.63) is 39.3 Å². The molecule has 4 rings (SSSR count). The van der Waals surface area contributed by atoms with Crippen molar-refractivity contribution in [3.63, 3.8) is 0 Å². The van der Waals surface area contributed by atoms with Crippen molar-refractivity contribution in [1.82, 2.24) is 9.71 Å². The van der Waals surface area contributed by atoms with Gasteiger partial charge in [0, 0.05) is 23.0 Å². The Balaban J connectivity index is 1.96. The molecule has 0 spiro atoms. The summed E-state index contributed by atoms with van der Waals surface area (Å²) >= 11 is 0. The van der Waals surface area contributed by atoms with Gasteiger partial charge in [-0.05, 0) is 66.2 Å². The number of aromatic nitrogens is 1. The zero-order valence-electron chi connectivity index (χ0n) is 16.5. The lowest BCUT2D eigenvalue weighted by molar-refractivity contribution is 0.407. The van der Waals surface area contributed by atoms with Crippen molar-refractivity contribution < 1.29 is 8.42 Å². The molecule has 1 aromatic carbocycles. The molecule has 5 nitrogen and oxygen atoms in total. The number of fused-ring (bicyclic) bond motifs is 2. The Hall–Kier alpha value is -1.66. The fraction of sp³-hybridized carbons (Fsp3) is 0.571. The molecule has 0 aliphatic heterocycles. The minimum atomic E-state index is -3.71. The Kier molecular flexibility index (Phi) is 4.27. The van der Waals surface area contributed by atoms with Crippen LogP contribution in [0.4, 0.5) is 0 Å². The Bertz CT molecular complexity index is 1070. The minimum Gasteiger partial charge on any atom is -0.325 e. The predicted molar refractivity (Wildman–Crippen MR) is 108 cm³/mol. The third-order valence-corrected chi connectivity index (χ3v) is 7.04. The summed E-state index contributed by atoms with van der Waals surface area (Å²) in [6.45, 7) is 8.49. The molecule has 2 aliphatic rings. The van der Waals surface area contributed by atoms with E-state index in [1.165, 1.54) is 0 Å². The van der Waals surface area contributed by atoms with Gasteiger partial charge in [-0.2, -0.15) is 0 Å². The van der Waals surface area contributed by atoms with Crippen molar-refractivity contribution >= 4 is 20.8 Å². The number of benzene rings is 1. The summed E-state index contributed by atoms with van der Waals surface area (Å²) in [7, 11) is -3.71. The van der Waals surface area contributed by atoms with Crippen LogP contribution in [0.3, 0.4) is 0 Å². The molecule has 1 aromatic heterocycles. The van der Waals surface area contributed by atoms with Gasteiger partial charge in [0.05, 0.1) is 4.90 Å². The van der Waals surface area contributed by atoms with Crippen LogP contribution in [0, 0.1) is 11.3 Å². The second kappa shape index (κ2) is 6.17. The summed E-state index contributed by atoms with van der Waals surface area (Å²) in [5.74, 6) is 0.739. The maximum absolute atomic E-state index is 13.3. The van der Waals surface area contributed by atoms with E-state index >= 15 is 0 Å². The van der Waals surface area contributed by atoms with Gasteiger partial charge in [0.15, 0.2) is 0 Å². The van der Waals surface area contributed by atoms with E-state index in [0.29, 0.717) is 34.0 Å². The number of aromatic amines is 1. The van der Waals surface area contributed by atoms with E-state index in [1.54, 1.807) is 0 Å². The van der Waals surface area contributed by atoms with Crippen LogP contribution >= 0.6 is 0 Å². The standard InChI is InChI=1S/C21H28N2O3S/c1-12-7-14-9-17-16(10-18(13-5-6-13)23-20(17)24)19(15(14)8-12)27(25,26)22-11-21(2,3)4/h9-10,12-13,22H,5-8,11H2,1-4H3,(H,23,24). The fourth-order valence-corrected chi connectivity index (χ4v) is 5.76. The lowest BCUT2D eigenvalue weighted by Crippen LogP contribution is -2.33. The van der Waals surface area contributed by atoms with Crippen molar-refractivity contribution in [3.8, 4) is 0 Å². The summed E-state index contributed by atoms with van der Waals surface area (Å²) in [6.07, 6.45) is 3.65. The van der Waals surface area contributed by atoms with Gasteiger partial charge in [0.1, 0.15) is 0 Å². The highest BCUT2D eigenvalue weighted by Gasteiger charge is 2.32. The zero-order chi connectivity index (χ0) is 19.6. The van der Waals surface area contributed by atoms with Crippen LogP contribution in [0.15, 0.2) is 21.8 Å². The second-order valence-corrected chi connectivity index (χ2v) is 11.2. The topological polar surface area (TPSA) is 79.0 Å². The molecule has 1 saturated carbocycles. The quantitative estimate of drug-likeness (QED) is 0.842. The molecule has 146 valence electrons. The normalized spacial score (nSPS) is 20.2. The molecular formula is C21H28N2O3S. The van der Waals surface area contributed by atoms with Crippen LogP contribution in [-0.2, 0) is 22.9 Å². The molecular weight excluding hydrogens is 360 g/mol. The van der Waals surface area contributed by atoms with Crippen molar-refractivity contribution in [2.75, 3.05) is 6.54 Å². The lowest BCUT2D eigenvalue weighted by Gasteiger charge is -2.21. The summed E-state index contributed by atoms with van der Waals surface area (Å²) in [5.41, 5.74) is 2.42. The second-order valence-electron chi connectivity index (χ2n) is 9.53. The Morgan fingerprint density at radius 3 is 2.48 bits per heavy atom. The molecule has 27 heavy (non-hydrogen) atoms. The maximum atomic E-state index is 13.3. The fourth-order valence-electron chi connectivity index (χ4n) is 4.00. The first-order valence-corrected chi connectivity index (χ1v) is 11.2. The van der Waals surface area contributed by atoms with Gasteiger partial charge in [-0.15, -0.1) is 0 Å². The van der Waals surface area contributed by atoms with E-state index < -0.39 is 10.0 Å². The monoisotopic (exact) mass is 388 g/mol. The molecule has 2 aliphatic carbocycles. The number of hydrogen-bond donors (Lipinski definition) is 2. The minimum absolute atomic E-state index is 0.162. The van der Waals surface area contributed by atoms with E-state index in [-0.39, 0.29) is 11.0 Å². The molecule has 0 bridgehead atoms. The van der Waals surface area contributed by atoms with Gasteiger partial charge in [0.25, 0.3) is 5.56 Å². The molecule has 1 unspecified atom stereocenters. The van der Waals surface area contributed by atoms with E-state index in [9.17, 15) is 13.2 Å². The van der Waals surface area contributed by atoms with Crippen LogP contribution in [-0.4, -0.2) is 19.9 Å². The van der Waals surface area contributed by atoms with Crippen molar-refractivity contribution in [2.45, 2.75) is 64.2 Å². The first-order valence-electron chi connectivity index (χ1n) is 9.76. The molecule has 0 saturated heterocycles. The molecule has 2 aromatic rings. The van der Waals surface area contributed by atoms with Crippen LogP contribution in [0.25, 0.3) is 10.8 Å². The average Bonchev–Trinajstić information content (AvgIpc) is 3.32. The van der Waals surface area contributed by atoms with E-state index in [0.717, 1.165) is 42.5 Å². The van der Waals surface area contributed by atoms with E-state index in [4.69, 9.17) is 0 Å². The summed E-state index contributed by atoms with van der Waals surface area (Å²) < 4.78 is 29.5. The molecule has 0 amide bonds. The van der Waals surface area contributed by atoms with E-state index in [1.807, 2.05) is 32.9 Å². The molecule has 2 N–H and O–H groups in total. The number of nitrogens with one attached hydrogen (secondary N) is 2. The number of H-pyrrole nitrogens is 1. The summed E-state index contributed by atoms with van der Waals surface area (Å²) in [6, 6.07) is 3.82. The maximum Gasteiger partial charge on any atom is 0.256 e. The van der Waals surface area contributed by atoms with Gasteiger partial charge in [-0.25, -0.2) is 13.1 Å². The first-order chi connectivity index (χ1) is 12.5. The predicted octanol–water partition coefficient (Wildman–Crippen LogP) is 3.46. The van der Waals surface area contributed by atoms with E-state index in [2.05, 4.69) is 16.6 Å². The Morgan fingerprint density at radius 2 is 1.85 bits per heavy atom. The Labute approximate surface area is 160 Å². The SMILES string of the molecule is CC1Cc2cc3c(=O)[nH]c(C4CC4)cc3c(S(=O)(=O)NCC(C)(C)C)c2C1. The first kappa shape index (κ1) is 18.7. The zero-order valence-corrected chi connectivity index (χ0v) is 17.3. The van der Waals surface area contributed by atoms with Gasteiger partial charge < -0.3 is 4.98 Å². The van der Waals surface area contributed by atoms with Crippen molar-refractivity contribution in [2.24, 2.45) is 11.3 Å². The van der Waals surface area contributed by atoms with Crippen LogP contribution < -0.4 is 10.3 Å². The molecule has 0 radical (unpaired) electrons. The smallest absolute Gasteiger partial charge is 0.256 e. The van der Waals surface area contributed by atoms with Gasteiger partial charge in [-0.3, -0.25) is 4.79 Å². The number of pyridine rings is 1. The molecule has 1 fully saturated rings. The van der Waals surface area contributed by atoms with Crippen LogP contribution in [0.1, 0.15) is 63.3 Å². The van der Waals surface area contributed by atoms with Gasteiger partial charge >= 0.3 is 0 Å². The highest BCUT2D eigenvalue weighted by molar-refractivity contribution is 7.89. The lowest BCUT2D eigenvalue weighted by atomic mass is 9.98. The highest BCUT2D eigenvalue weighted by atomic mass is 32.2. The molecule has 6 heteroatoms. The summed E-state index contributed by atoms with van der Waals surface area (Å²) in [4.78, 5) is 16.0. The van der Waals surface area contributed by atoms with Gasteiger partial charge in [0.2, 0.25) is 10.0 Å². The van der Waals surface area contributed by atoms with Gasteiger partial charge in [-0.1, -0.05) is 27.7 Å². The highest BCUT2D eigenvalue weighted by Crippen LogP contribution is 2.41. The summed E-state index contributed by atoms with van der Waals surface area (Å²) in [5, 5.41) is 1.07. The van der Waals surface area contributed by atoms with Crippen LogP contribution in [0.5, 0.6) is 0 Å². The van der Waals surface area contributed by atoms with Crippen LogP contribution in [0.2, 0.25) is 0 Å². The number of hydrogen-bond acceptors (Lipinski definition) is 3. The number of rotatable bonds is 4. The third kappa shape index (κ3) is 3.57. The Morgan fingerprint density at radius 1 is 1.15 bits per heavy atom. The molecule has 1 heterocycles. The van der Waals surface area contributed by atoms with Crippen molar-refractivity contribution in [1.29, 1.82) is 0 Å². The average molecular weight is 389 g/mol. The molecule has 1 atom stereocenters.